The summed E-state index contributed by atoms with van der Waals surface area (Å²) in [5, 5.41) is 0. The van der Waals surface area contributed by atoms with Crippen LogP contribution < -0.4 is 5.73 Å². The maximum Gasteiger partial charge on any atom is 0.226 e. The molecule has 3 atom stereocenters. The van der Waals surface area contributed by atoms with Crippen molar-refractivity contribution in [2.75, 3.05) is 6.54 Å². The molecule has 1 aliphatic carbocycles. The van der Waals surface area contributed by atoms with Crippen LogP contribution in [0.2, 0.25) is 0 Å². The van der Waals surface area contributed by atoms with Crippen LogP contribution in [-0.2, 0) is 4.79 Å². The third-order valence-corrected chi connectivity index (χ3v) is 3.77. The van der Waals surface area contributed by atoms with Gasteiger partial charge in [-0.25, -0.2) is 0 Å². The van der Waals surface area contributed by atoms with Crippen LogP contribution in [-0.4, -0.2) is 29.4 Å². The third kappa shape index (κ3) is 2.97. The lowest BCUT2D eigenvalue weighted by Gasteiger charge is -2.36. The predicted octanol–water partition coefficient (Wildman–Crippen LogP) is 2.01. The molecule has 3 unspecified atom stereocenters. The second-order valence-electron chi connectivity index (χ2n) is 5.37. The van der Waals surface area contributed by atoms with Crippen molar-refractivity contribution in [2.45, 2.75) is 59.0 Å². The second kappa shape index (κ2) is 5.67. The molecule has 0 radical (unpaired) electrons. The summed E-state index contributed by atoms with van der Waals surface area (Å²) < 4.78 is 0. The predicted molar refractivity (Wildman–Crippen MR) is 67.0 cm³/mol. The average molecular weight is 226 g/mol. The van der Waals surface area contributed by atoms with Gasteiger partial charge in [0, 0.05) is 24.5 Å². The molecule has 0 spiro atoms. The molecule has 0 aromatic carbocycles. The molecule has 0 bridgehead atoms. The molecular formula is C13H26N2O. The summed E-state index contributed by atoms with van der Waals surface area (Å²) in [7, 11) is 0. The summed E-state index contributed by atoms with van der Waals surface area (Å²) in [6.45, 7) is 9.19. The molecule has 0 aliphatic heterocycles. The molecule has 1 aliphatic rings. The van der Waals surface area contributed by atoms with Gasteiger partial charge in [-0.2, -0.15) is 0 Å². The molecule has 1 rings (SSSR count). The van der Waals surface area contributed by atoms with Crippen molar-refractivity contribution in [3.05, 3.63) is 0 Å². The van der Waals surface area contributed by atoms with Crippen LogP contribution in [0.4, 0.5) is 0 Å². The fourth-order valence-electron chi connectivity index (χ4n) is 2.79. The lowest BCUT2D eigenvalue weighted by atomic mass is 9.77. The Labute approximate surface area is 99.4 Å². The Morgan fingerprint density at radius 1 is 1.44 bits per heavy atom. The third-order valence-electron chi connectivity index (χ3n) is 3.77. The summed E-state index contributed by atoms with van der Waals surface area (Å²) in [5.41, 5.74) is 5.93. The Morgan fingerprint density at radius 3 is 2.50 bits per heavy atom. The van der Waals surface area contributed by atoms with Gasteiger partial charge in [-0.05, 0) is 46.0 Å². The SMILES string of the molecule is CCN(C(=O)C1CCC(N)CC1C)C(C)C. The topological polar surface area (TPSA) is 46.3 Å². The maximum atomic E-state index is 12.4. The zero-order valence-corrected chi connectivity index (χ0v) is 11.1. The number of hydrogen-bond acceptors (Lipinski definition) is 2. The molecule has 0 heterocycles. The van der Waals surface area contributed by atoms with Gasteiger partial charge in [-0.1, -0.05) is 6.92 Å². The Hall–Kier alpha value is -0.570. The molecule has 1 amide bonds. The highest BCUT2D eigenvalue weighted by atomic mass is 16.2. The van der Waals surface area contributed by atoms with Gasteiger partial charge in [0.15, 0.2) is 0 Å². The van der Waals surface area contributed by atoms with E-state index in [9.17, 15) is 4.79 Å². The number of nitrogens with zero attached hydrogens (tertiary/aromatic N) is 1. The van der Waals surface area contributed by atoms with E-state index < -0.39 is 0 Å². The molecule has 94 valence electrons. The quantitative estimate of drug-likeness (QED) is 0.800. The minimum Gasteiger partial charge on any atom is -0.340 e. The number of nitrogens with two attached hydrogens (primary N) is 1. The Balaban J connectivity index is 2.65. The molecule has 16 heavy (non-hydrogen) atoms. The lowest BCUT2D eigenvalue weighted by Crippen LogP contribution is -2.45. The van der Waals surface area contributed by atoms with Crippen molar-refractivity contribution in [1.82, 2.24) is 4.90 Å². The van der Waals surface area contributed by atoms with Gasteiger partial charge in [-0.15, -0.1) is 0 Å². The second-order valence-corrected chi connectivity index (χ2v) is 5.37. The molecule has 1 fully saturated rings. The van der Waals surface area contributed by atoms with Crippen molar-refractivity contribution < 1.29 is 4.79 Å². The van der Waals surface area contributed by atoms with E-state index >= 15 is 0 Å². The Bertz CT molecular complexity index is 240. The number of hydrogen-bond donors (Lipinski definition) is 1. The van der Waals surface area contributed by atoms with Gasteiger partial charge in [0.25, 0.3) is 0 Å². The monoisotopic (exact) mass is 226 g/mol. The van der Waals surface area contributed by atoms with E-state index in [2.05, 4.69) is 27.7 Å². The first-order valence-electron chi connectivity index (χ1n) is 6.53. The number of carbonyl (C=O) groups excluding carboxylic acids is 1. The van der Waals surface area contributed by atoms with Crippen LogP contribution in [0, 0.1) is 11.8 Å². The molecule has 0 saturated heterocycles. The summed E-state index contributed by atoms with van der Waals surface area (Å²) >= 11 is 0. The zero-order chi connectivity index (χ0) is 12.3. The fraction of sp³-hybridized carbons (Fsp3) is 0.923. The van der Waals surface area contributed by atoms with Crippen molar-refractivity contribution in [3.8, 4) is 0 Å². The number of amides is 1. The normalized spacial score (nSPS) is 30.5. The summed E-state index contributed by atoms with van der Waals surface area (Å²) in [6.07, 6.45) is 2.95. The first-order valence-corrected chi connectivity index (χ1v) is 6.53. The minimum atomic E-state index is 0.196. The Kier molecular flexibility index (Phi) is 4.78. The molecule has 2 N–H and O–H groups in total. The average Bonchev–Trinajstić information content (AvgIpc) is 2.17. The van der Waals surface area contributed by atoms with Gasteiger partial charge in [0.05, 0.1) is 0 Å². The van der Waals surface area contributed by atoms with Crippen LogP contribution in [0.1, 0.15) is 47.0 Å². The van der Waals surface area contributed by atoms with E-state index in [0.717, 1.165) is 25.8 Å². The largest absolute Gasteiger partial charge is 0.340 e. The highest BCUT2D eigenvalue weighted by molar-refractivity contribution is 5.79. The van der Waals surface area contributed by atoms with Crippen molar-refractivity contribution in [2.24, 2.45) is 17.6 Å². The zero-order valence-electron chi connectivity index (χ0n) is 11.1. The van der Waals surface area contributed by atoms with Crippen LogP contribution >= 0.6 is 0 Å². The van der Waals surface area contributed by atoms with E-state index in [1.54, 1.807) is 0 Å². The van der Waals surface area contributed by atoms with Crippen LogP contribution in [0.25, 0.3) is 0 Å². The van der Waals surface area contributed by atoms with Crippen molar-refractivity contribution in [3.63, 3.8) is 0 Å². The van der Waals surface area contributed by atoms with E-state index in [1.165, 1.54) is 0 Å². The number of rotatable bonds is 3. The van der Waals surface area contributed by atoms with E-state index in [1.807, 2.05) is 4.90 Å². The van der Waals surface area contributed by atoms with Gasteiger partial charge in [-0.3, -0.25) is 4.79 Å². The molecular weight excluding hydrogens is 200 g/mol. The summed E-state index contributed by atoms with van der Waals surface area (Å²) in [5.74, 6) is 0.961. The van der Waals surface area contributed by atoms with Gasteiger partial charge < -0.3 is 10.6 Å². The number of carbonyl (C=O) groups is 1. The van der Waals surface area contributed by atoms with E-state index in [-0.39, 0.29) is 5.92 Å². The molecule has 1 saturated carbocycles. The van der Waals surface area contributed by atoms with Gasteiger partial charge in [0.2, 0.25) is 5.91 Å². The van der Waals surface area contributed by atoms with Crippen LogP contribution in [0.15, 0.2) is 0 Å². The molecule has 0 aromatic rings. The highest BCUT2D eigenvalue weighted by Gasteiger charge is 2.33. The molecule has 0 aromatic heterocycles. The standard InChI is InChI=1S/C13H26N2O/c1-5-15(9(2)3)13(16)12-7-6-11(14)8-10(12)4/h9-12H,5-8,14H2,1-4H3. The smallest absolute Gasteiger partial charge is 0.226 e. The first kappa shape index (κ1) is 13.5. The molecule has 3 heteroatoms. The van der Waals surface area contributed by atoms with Crippen molar-refractivity contribution in [1.29, 1.82) is 0 Å². The van der Waals surface area contributed by atoms with Crippen LogP contribution in [0.5, 0.6) is 0 Å². The summed E-state index contributed by atoms with van der Waals surface area (Å²) in [6, 6.07) is 0.605. The van der Waals surface area contributed by atoms with E-state index in [0.29, 0.717) is 23.9 Å². The van der Waals surface area contributed by atoms with Gasteiger partial charge >= 0.3 is 0 Å². The lowest BCUT2D eigenvalue weighted by molar-refractivity contribution is -0.139. The minimum absolute atomic E-state index is 0.196. The van der Waals surface area contributed by atoms with Crippen LogP contribution in [0.3, 0.4) is 0 Å². The first-order chi connectivity index (χ1) is 7.47. The Morgan fingerprint density at radius 2 is 2.06 bits per heavy atom. The van der Waals surface area contributed by atoms with E-state index in [4.69, 9.17) is 5.73 Å². The summed E-state index contributed by atoms with van der Waals surface area (Å²) in [4.78, 5) is 14.4. The molecule has 3 nitrogen and oxygen atoms in total. The van der Waals surface area contributed by atoms with Gasteiger partial charge in [0.1, 0.15) is 0 Å². The maximum absolute atomic E-state index is 12.4. The fourth-order valence-corrected chi connectivity index (χ4v) is 2.79. The highest BCUT2D eigenvalue weighted by Crippen LogP contribution is 2.30. The van der Waals surface area contributed by atoms with Crippen molar-refractivity contribution >= 4 is 5.91 Å².